The van der Waals surface area contributed by atoms with E-state index in [9.17, 15) is 9.70 Å². The molecular formula is C6H7N3O3. The molecule has 12 heavy (non-hydrogen) atoms. The van der Waals surface area contributed by atoms with Crippen LogP contribution in [0.4, 0.5) is 0 Å². The monoisotopic (exact) mass is 169 g/mol. The van der Waals surface area contributed by atoms with Gasteiger partial charge in [0.2, 0.25) is 0 Å². The zero-order valence-electron chi connectivity index (χ0n) is 6.31. The summed E-state index contributed by atoms with van der Waals surface area (Å²) >= 11 is 0. The molecule has 0 bridgehead atoms. The van der Waals surface area contributed by atoms with Gasteiger partial charge >= 0.3 is 5.91 Å². The van der Waals surface area contributed by atoms with Gasteiger partial charge in [-0.3, -0.25) is 10.0 Å². The molecule has 1 amide bonds. The number of carbonyl (C=O) groups is 1. The first kappa shape index (κ1) is 8.41. The molecule has 1 rings (SSSR count). The number of nitroso groups, excluding NO2 is 1. The largest absolute Gasteiger partial charge is 0.354 e. The summed E-state index contributed by atoms with van der Waals surface area (Å²) in [6.07, 6.45) is 2.47. The van der Waals surface area contributed by atoms with Crippen molar-refractivity contribution in [2.45, 2.75) is 6.92 Å². The van der Waals surface area contributed by atoms with Crippen LogP contribution in [-0.4, -0.2) is 16.2 Å². The first-order chi connectivity index (χ1) is 5.65. The molecule has 0 saturated carbocycles. The van der Waals surface area contributed by atoms with Crippen molar-refractivity contribution in [1.82, 2.24) is 10.4 Å². The van der Waals surface area contributed by atoms with Crippen LogP contribution in [0.5, 0.6) is 0 Å². The van der Waals surface area contributed by atoms with Gasteiger partial charge in [-0.05, 0) is 6.92 Å². The standard InChI is InChI=1S/C6H7N3O3/c1-4-2-7-5(3-9(4)12)6(10)8-11/h2-3,7,12H,1H3. The molecule has 0 radical (unpaired) electrons. The van der Waals surface area contributed by atoms with Crippen LogP contribution in [0, 0.1) is 4.91 Å². The number of hydroxylamine groups is 2. The average Bonchev–Trinajstić information content (AvgIpc) is 2.08. The molecule has 6 nitrogen and oxygen atoms in total. The smallest absolute Gasteiger partial charge is 0.334 e. The predicted octanol–water partition coefficient (Wildman–Crippen LogP) is 0.277. The van der Waals surface area contributed by atoms with E-state index in [1.807, 2.05) is 0 Å². The van der Waals surface area contributed by atoms with Gasteiger partial charge in [-0.25, -0.2) is 5.06 Å². The molecule has 0 unspecified atom stereocenters. The van der Waals surface area contributed by atoms with Crippen LogP contribution in [-0.2, 0) is 4.79 Å². The predicted molar refractivity (Wildman–Crippen MR) is 39.4 cm³/mol. The van der Waals surface area contributed by atoms with Crippen LogP contribution in [0.15, 0.2) is 29.0 Å². The van der Waals surface area contributed by atoms with Gasteiger partial charge in [0.05, 0.1) is 11.9 Å². The fourth-order valence-corrected chi connectivity index (χ4v) is 0.676. The summed E-state index contributed by atoms with van der Waals surface area (Å²) in [5.41, 5.74) is 0.454. The van der Waals surface area contributed by atoms with Crippen molar-refractivity contribution < 1.29 is 10.0 Å². The van der Waals surface area contributed by atoms with Gasteiger partial charge in [-0.2, -0.15) is 0 Å². The highest BCUT2D eigenvalue weighted by molar-refractivity contribution is 5.93. The lowest BCUT2D eigenvalue weighted by Gasteiger charge is -2.18. The second-order valence-electron chi connectivity index (χ2n) is 2.21. The SMILES string of the molecule is CC1=CNC(C(=O)N=O)=CN1O. The first-order valence-electron chi connectivity index (χ1n) is 3.16. The Balaban J connectivity index is 2.79. The number of amides is 1. The van der Waals surface area contributed by atoms with Gasteiger partial charge in [-0.1, -0.05) is 0 Å². The zero-order chi connectivity index (χ0) is 9.14. The molecule has 0 fully saturated rings. The van der Waals surface area contributed by atoms with E-state index in [4.69, 9.17) is 5.21 Å². The van der Waals surface area contributed by atoms with Crippen LogP contribution < -0.4 is 5.32 Å². The van der Waals surface area contributed by atoms with Crippen molar-refractivity contribution in [3.8, 4) is 0 Å². The third-order valence-electron chi connectivity index (χ3n) is 1.36. The Morgan fingerprint density at radius 1 is 1.75 bits per heavy atom. The Kier molecular flexibility index (Phi) is 2.20. The van der Waals surface area contributed by atoms with E-state index in [0.29, 0.717) is 5.70 Å². The molecule has 6 heteroatoms. The highest BCUT2D eigenvalue weighted by atomic mass is 16.5. The molecule has 0 aromatic heterocycles. The lowest BCUT2D eigenvalue weighted by Crippen LogP contribution is -2.25. The van der Waals surface area contributed by atoms with Crippen molar-refractivity contribution >= 4 is 5.91 Å². The maximum Gasteiger partial charge on any atom is 0.334 e. The highest BCUT2D eigenvalue weighted by Gasteiger charge is 2.14. The van der Waals surface area contributed by atoms with Crippen molar-refractivity contribution in [2.24, 2.45) is 5.18 Å². The normalized spacial score (nSPS) is 16.0. The van der Waals surface area contributed by atoms with Crippen LogP contribution in [0.1, 0.15) is 6.92 Å². The maximum absolute atomic E-state index is 10.6. The minimum absolute atomic E-state index is 0.0573. The van der Waals surface area contributed by atoms with E-state index in [1.54, 1.807) is 6.92 Å². The van der Waals surface area contributed by atoms with Crippen LogP contribution in [0.25, 0.3) is 0 Å². The third-order valence-corrected chi connectivity index (χ3v) is 1.36. The van der Waals surface area contributed by atoms with Crippen molar-refractivity contribution in [3.63, 3.8) is 0 Å². The minimum Gasteiger partial charge on any atom is -0.354 e. The number of nitrogens with zero attached hydrogens (tertiary/aromatic N) is 2. The molecule has 0 atom stereocenters. The number of hydrogen-bond donors (Lipinski definition) is 2. The number of allylic oxidation sites excluding steroid dienone is 1. The zero-order valence-corrected chi connectivity index (χ0v) is 6.31. The van der Waals surface area contributed by atoms with Crippen molar-refractivity contribution in [2.75, 3.05) is 0 Å². The Bertz CT molecular complexity index is 282. The number of hydrogen-bond acceptors (Lipinski definition) is 5. The van der Waals surface area contributed by atoms with Crippen molar-refractivity contribution in [3.05, 3.63) is 28.7 Å². The van der Waals surface area contributed by atoms with E-state index >= 15 is 0 Å². The lowest BCUT2D eigenvalue weighted by atomic mass is 10.3. The number of nitrogens with one attached hydrogen (secondary N) is 1. The maximum atomic E-state index is 10.6. The van der Waals surface area contributed by atoms with Crippen LogP contribution >= 0.6 is 0 Å². The molecule has 0 aromatic carbocycles. The molecule has 1 aliphatic heterocycles. The van der Waals surface area contributed by atoms with Crippen LogP contribution in [0.2, 0.25) is 0 Å². The number of carbonyl (C=O) groups excluding carboxylic acids is 1. The van der Waals surface area contributed by atoms with Gasteiger partial charge in [-0.15, -0.1) is 4.91 Å². The van der Waals surface area contributed by atoms with Gasteiger partial charge < -0.3 is 5.32 Å². The summed E-state index contributed by atoms with van der Waals surface area (Å²) < 4.78 is 0. The number of rotatable bonds is 1. The fourth-order valence-electron chi connectivity index (χ4n) is 0.676. The Morgan fingerprint density at radius 2 is 2.42 bits per heavy atom. The fraction of sp³-hybridized carbons (Fsp3) is 0.167. The Hall–Kier alpha value is -1.69. The minimum atomic E-state index is -0.946. The lowest BCUT2D eigenvalue weighted by molar-refractivity contribution is -0.115. The third kappa shape index (κ3) is 1.48. The second-order valence-corrected chi connectivity index (χ2v) is 2.21. The van der Waals surface area contributed by atoms with E-state index in [0.717, 1.165) is 11.3 Å². The van der Waals surface area contributed by atoms with E-state index in [-0.39, 0.29) is 5.70 Å². The molecule has 1 aliphatic rings. The molecule has 1 heterocycles. The molecule has 0 aromatic rings. The Labute approximate surface area is 68.1 Å². The summed E-state index contributed by atoms with van der Waals surface area (Å²) in [6, 6.07) is 0. The molecule has 0 saturated heterocycles. The van der Waals surface area contributed by atoms with Gasteiger partial charge in [0, 0.05) is 11.4 Å². The van der Waals surface area contributed by atoms with E-state index in [1.165, 1.54) is 6.20 Å². The molecule has 0 aliphatic carbocycles. The average molecular weight is 169 g/mol. The quantitative estimate of drug-likeness (QED) is 0.551. The van der Waals surface area contributed by atoms with Crippen molar-refractivity contribution in [1.29, 1.82) is 0 Å². The molecule has 2 N–H and O–H groups in total. The first-order valence-corrected chi connectivity index (χ1v) is 3.16. The van der Waals surface area contributed by atoms with E-state index < -0.39 is 5.91 Å². The van der Waals surface area contributed by atoms with Gasteiger partial charge in [0.25, 0.3) is 0 Å². The summed E-state index contributed by atoms with van der Waals surface area (Å²) in [5.74, 6) is -0.946. The van der Waals surface area contributed by atoms with Gasteiger partial charge in [0.1, 0.15) is 5.70 Å². The van der Waals surface area contributed by atoms with Gasteiger partial charge in [0.15, 0.2) is 0 Å². The summed E-state index contributed by atoms with van der Waals surface area (Å²) in [6.45, 7) is 1.62. The summed E-state index contributed by atoms with van der Waals surface area (Å²) in [7, 11) is 0. The topological polar surface area (TPSA) is 82.0 Å². The summed E-state index contributed by atoms with van der Waals surface area (Å²) in [4.78, 5) is 20.4. The molecule has 0 spiro atoms. The second kappa shape index (κ2) is 3.14. The van der Waals surface area contributed by atoms with E-state index in [2.05, 4.69) is 10.5 Å². The highest BCUT2D eigenvalue weighted by Crippen LogP contribution is 2.08. The Morgan fingerprint density at radius 3 is 2.92 bits per heavy atom. The molecular weight excluding hydrogens is 162 g/mol. The van der Waals surface area contributed by atoms with Crippen LogP contribution in [0.3, 0.4) is 0 Å². The summed E-state index contributed by atoms with van der Waals surface area (Å²) in [5, 5.41) is 14.5. The molecule has 64 valence electrons.